The summed E-state index contributed by atoms with van der Waals surface area (Å²) in [4.78, 5) is 13.9. The van der Waals surface area contributed by atoms with Gasteiger partial charge in [0.2, 0.25) is 0 Å². The van der Waals surface area contributed by atoms with E-state index in [-0.39, 0.29) is 5.56 Å². The lowest BCUT2D eigenvalue weighted by Crippen LogP contribution is -2.25. The number of hydrogen-bond donors (Lipinski definition) is 1. The van der Waals surface area contributed by atoms with Crippen molar-refractivity contribution in [3.8, 4) is 0 Å². The number of pyridine rings is 1. The molecule has 0 amide bonds. The van der Waals surface area contributed by atoms with Crippen molar-refractivity contribution in [2.24, 2.45) is 5.92 Å². The molecule has 1 aromatic rings. The Hall–Kier alpha value is -1.29. The second kappa shape index (κ2) is 7.21. The van der Waals surface area contributed by atoms with E-state index in [1.807, 2.05) is 0 Å². The fourth-order valence-electron chi connectivity index (χ4n) is 1.83. The van der Waals surface area contributed by atoms with Gasteiger partial charge in [0.05, 0.1) is 0 Å². The molecule has 0 aliphatic carbocycles. The van der Waals surface area contributed by atoms with E-state index in [0.29, 0.717) is 5.69 Å². The van der Waals surface area contributed by atoms with Gasteiger partial charge in [-0.05, 0) is 45.0 Å². The summed E-state index contributed by atoms with van der Waals surface area (Å²) >= 11 is 0. The highest BCUT2D eigenvalue weighted by Crippen LogP contribution is 2.02. The first-order valence-corrected chi connectivity index (χ1v) is 6.63. The van der Waals surface area contributed by atoms with Gasteiger partial charge in [-0.25, -0.2) is 0 Å². The fourth-order valence-corrected chi connectivity index (χ4v) is 1.83. The predicted octanol–water partition coefficient (Wildman–Crippen LogP) is 1.80. The van der Waals surface area contributed by atoms with E-state index in [9.17, 15) is 4.79 Å². The van der Waals surface area contributed by atoms with E-state index in [1.54, 1.807) is 16.8 Å². The van der Waals surface area contributed by atoms with Gasteiger partial charge in [-0.2, -0.15) is 0 Å². The van der Waals surface area contributed by atoms with Gasteiger partial charge in [-0.15, -0.1) is 0 Å². The van der Waals surface area contributed by atoms with Crippen LogP contribution in [-0.4, -0.2) is 29.6 Å². The summed E-state index contributed by atoms with van der Waals surface area (Å²) in [5.41, 5.74) is 6.33. The number of nitrogen functional groups attached to an aromatic ring is 1. The Labute approximate surface area is 109 Å². The van der Waals surface area contributed by atoms with Crippen LogP contribution in [0.5, 0.6) is 0 Å². The van der Waals surface area contributed by atoms with E-state index in [1.165, 1.54) is 12.5 Å². The summed E-state index contributed by atoms with van der Waals surface area (Å²) in [6.07, 6.45) is 3.91. The zero-order chi connectivity index (χ0) is 13.5. The molecule has 0 saturated heterocycles. The zero-order valence-corrected chi connectivity index (χ0v) is 11.7. The summed E-state index contributed by atoms with van der Waals surface area (Å²) in [5.74, 6) is 0.740. The Morgan fingerprint density at radius 3 is 2.72 bits per heavy atom. The van der Waals surface area contributed by atoms with Gasteiger partial charge in [0, 0.05) is 24.5 Å². The predicted molar refractivity (Wildman–Crippen MR) is 76.7 cm³/mol. The molecule has 0 spiro atoms. The molecule has 1 rings (SSSR count). The van der Waals surface area contributed by atoms with E-state index in [4.69, 9.17) is 5.73 Å². The monoisotopic (exact) mass is 251 g/mol. The Kier molecular flexibility index (Phi) is 5.92. The number of aryl methyl sites for hydroxylation is 1. The first kappa shape index (κ1) is 14.8. The van der Waals surface area contributed by atoms with Crippen molar-refractivity contribution in [2.45, 2.75) is 33.2 Å². The van der Waals surface area contributed by atoms with Gasteiger partial charge in [0.25, 0.3) is 5.56 Å². The van der Waals surface area contributed by atoms with E-state index >= 15 is 0 Å². The third kappa shape index (κ3) is 5.36. The van der Waals surface area contributed by atoms with Crippen LogP contribution >= 0.6 is 0 Å². The summed E-state index contributed by atoms with van der Waals surface area (Å²) in [7, 11) is 2.13. The molecule has 0 saturated carbocycles. The number of nitrogens with zero attached hydrogens (tertiary/aromatic N) is 2. The molecule has 4 nitrogen and oxygen atoms in total. The van der Waals surface area contributed by atoms with Crippen molar-refractivity contribution in [2.75, 3.05) is 25.9 Å². The Morgan fingerprint density at radius 1 is 1.33 bits per heavy atom. The number of rotatable bonds is 7. The number of hydrogen-bond acceptors (Lipinski definition) is 3. The second-order valence-electron chi connectivity index (χ2n) is 5.33. The summed E-state index contributed by atoms with van der Waals surface area (Å²) in [5, 5.41) is 0. The molecule has 4 heteroatoms. The third-order valence-corrected chi connectivity index (χ3v) is 3.03. The standard InChI is InChI=1S/C14H25N3O/c1-12(2)7-10-16(3)8-4-9-17-11-13(15)5-6-14(17)18/h5-6,11-12H,4,7-10,15H2,1-3H3. The summed E-state index contributed by atoms with van der Waals surface area (Å²) < 4.78 is 1.69. The maximum Gasteiger partial charge on any atom is 0.250 e. The molecule has 1 aromatic heterocycles. The van der Waals surface area contributed by atoms with Gasteiger partial charge in [-0.1, -0.05) is 13.8 Å². The van der Waals surface area contributed by atoms with Crippen molar-refractivity contribution in [3.05, 3.63) is 28.7 Å². The van der Waals surface area contributed by atoms with Crippen LogP contribution in [0.3, 0.4) is 0 Å². The quantitative estimate of drug-likeness (QED) is 0.804. The normalized spacial score (nSPS) is 11.4. The second-order valence-corrected chi connectivity index (χ2v) is 5.33. The van der Waals surface area contributed by atoms with Crippen molar-refractivity contribution in [1.29, 1.82) is 0 Å². The summed E-state index contributed by atoms with van der Waals surface area (Å²) in [6.45, 7) is 7.33. The van der Waals surface area contributed by atoms with E-state index < -0.39 is 0 Å². The summed E-state index contributed by atoms with van der Waals surface area (Å²) in [6, 6.07) is 3.17. The average Bonchev–Trinajstić information content (AvgIpc) is 2.31. The number of anilines is 1. The van der Waals surface area contributed by atoms with Gasteiger partial charge >= 0.3 is 0 Å². The molecule has 2 N–H and O–H groups in total. The van der Waals surface area contributed by atoms with Crippen molar-refractivity contribution in [3.63, 3.8) is 0 Å². The lowest BCUT2D eigenvalue weighted by molar-refractivity contribution is 0.300. The van der Waals surface area contributed by atoms with Crippen LogP contribution in [0, 0.1) is 5.92 Å². The van der Waals surface area contributed by atoms with Gasteiger partial charge in [0.15, 0.2) is 0 Å². The zero-order valence-electron chi connectivity index (χ0n) is 11.7. The first-order valence-electron chi connectivity index (χ1n) is 6.63. The largest absolute Gasteiger partial charge is 0.398 e. The minimum absolute atomic E-state index is 0.0223. The van der Waals surface area contributed by atoms with Crippen molar-refractivity contribution < 1.29 is 0 Å². The van der Waals surface area contributed by atoms with Crippen molar-refractivity contribution in [1.82, 2.24) is 9.47 Å². The molecule has 0 atom stereocenters. The van der Waals surface area contributed by atoms with Crippen LogP contribution < -0.4 is 11.3 Å². The van der Waals surface area contributed by atoms with E-state index in [0.717, 1.165) is 32.0 Å². The van der Waals surface area contributed by atoms with Crippen LogP contribution in [0.25, 0.3) is 0 Å². The molecular formula is C14H25N3O. The molecule has 18 heavy (non-hydrogen) atoms. The van der Waals surface area contributed by atoms with E-state index in [2.05, 4.69) is 25.8 Å². The molecule has 0 aliphatic rings. The number of aromatic nitrogens is 1. The average molecular weight is 251 g/mol. The highest BCUT2D eigenvalue weighted by molar-refractivity contribution is 5.33. The van der Waals surface area contributed by atoms with Gasteiger partial charge < -0.3 is 15.2 Å². The maximum atomic E-state index is 11.6. The van der Waals surface area contributed by atoms with Crippen molar-refractivity contribution >= 4 is 5.69 Å². The van der Waals surface area contributed by atoms with Crippen LogP contribution in [-0.2, 0) is 6.54 Å². The fraction of sp³-hybridized carbons (Fsp3) is 0.643. The molecule has 0 aliphatic heterocycles. The lowest BCUT2D eigenvalue weighted by Gasteiger charge is -2.18. The molecule has 0 unspecified atom stereocenters. The minimum Gasteiger partial charge on any atom is -0.398 e. The van der Waals surface area contributed by atoms with Gasteiger partial charge in [0.1, 0.15) is 0 Å². The first-order chi connectivity index (χ1) is 8.49. The smallest absolute Gasteiger partial charge is 0.250 e. The molecule has 0 bridgehead atoms. The Morgan fingerprint density at radius 2 is 2.06 bits per heavy atom. The molecule has 0 radical (unpaired) electrons. The minimum atomic E-state index is 0.0223. The van der Waals surface area contributed by atoms with Crippen LogP contribution in [0.2, 0.25) is 0 Å². The Balaban J connectivity index is 2.33. The van der Waals surface area contributed by atoms with Crippen LogP contribution in [0.15, 0.2) is 23.1 Å². The molecular weight excluding hydrogens is 226 g/mol. The maximum absolute atomic E-state index is 11.6. The Bertz CT molecular complexity index is 412. The highest BCUT2D eigenvalue weighted by atomic mass is 16.1. The lowest BCUT2D eigenvalue weighted by atomic mass is 10.1. The number of nitrogens with two attached hydrogens (primary N) is 1. The molecule has 0 aromatic carbocycles. The molecule has 0 fully saturated rings. The molecule has 102 valence electrons. The highest BCUT2D eigenvalue weighted by Gasteiger charge is 2.01. The third-order valence-electron chi connectivity index (χ3n) is 3.03. The van der Waals surface area contributed by atoms with Crippen LogP contribution in [0.4, 0.5) is 5.69 Å². The van der Waals surface area contributed by atoms with Gasteiger partial charge in [-0.3, -0.25) is 4.79 Å². The molecule has 1 heterocycles. The SMILES string of the molecule is CC(C)CCN(C)CCCn1cc(N)ccc1=O. The van der Waals surface area contributed by atoms with Crippen LogP contribution in [0.1, 0.15) is 26.7 Å². The topological polar surface area (TPSA) is 51.3 Å².